The molecule has 7 nitrogen and oxygen atoms in total. The predicted octanol–water partition coefficient (Wildman–Crippen LogP) is 6.74. The molecule has 10 heteroatoms. The van der Waals surface area contributed by atoms with Crippen molar-refractivity contribution in [2.75, 3.05) is 25.5 Å². The second-order valence-electron chi connectivity index (χ2n) is 11.4. The molecule has 2 aromatic heterocycles. The summed E-state index contributed by atoms with van der Waals surface area (Å²) in [6.07, 6.45) is 3.18. The Kier molecular flexibility index (Phi) is 7.48. The number of rotatable bonds is 4. The molecule has 0 aliphatic carbocycles. The zero-order chi connectivity index (χ0) is 28.7. The fraction of sp³-hybridized carbons (Fsp3) is 0.433. The van der Waals surface area contributed by atoms with Gasteiger partial charge in [0.1, 0.15) is 11.4 Å². The standard InChI is InChI=1S/C30H33F3N4O3/c1-29(2,3)40-28(38)37-17-30(32,33)15-25(37)24-12-19(4-5-22(24)18-7-10-39-11-8-18)21-13-23(27(34)36-16-21)20-6-9-35-26(31)14-20/h4-6,9,12-14,16,18,25H,7-8,10-11,15,17H2,1-3H3,(H2,34,36). The quantitative estimate of drug-likeness (QED) is 0.359. The minimum absolute atomic E-state index is 0.104. The summed E-state index contributed by atoms with van der Waals surface area (Å²) < 4.78 is 54.7. The Hall–Kier alpha value is -3.66. The van der Waals surface area contributed by atoms with Gasteiger partial charge in [0.15, 0.2) is 0 Å². The molecule has 0 saturated carbocycles. The lowest BCUT2D eigenvalue weighted by molar-refractivity contribution is -0.00244. The third-order valence-corrected chi connectivity index (χ3v) is 7.29. The normalized spacial score (nSPS) is 19.6. The number of hydrogen-bond acceptors (Lipinski definition) is 6. The molecule has 2 fully saturated rings. The van der Waals surface area contributed by atoms with Gasteiger partial charge < -0.3 is 15.2 Å². The maximum absolute atomic E-state index is 14.9. The number of halogens is 3. The largest absolute Gasteiger partial charge is 0.444 e. The summed E-state index contributed by atoms with van der Waals surface area (Å²) in [6.45, 7) is 5.57. The molecule has 212 valence electrons. The van der Waals surface area contributed by atoms with E-state index < -0.39 is 42.6 Å². The van der Waals surface area contributed by atoms with E-state index in [1.54, 1.807) is 39.1 Å². The van der Waals surface area contributed by atoms with Crippen molar-refractivity contribution in [1.29, 1.82) is 0 Å². The Balaban J connectivity index is 1.60. The summed E-state index contributed by atoms with van der Waals surface area (Å²) in [7, 11) is 0. The molecular formula is C30H33F3N4O3. The molecule has 3 aromatic rings. The lowest BCUT2D eigenvalue weighted by atomic mass is 9.83. The van der Waals surface area contributed by atoms with Crippen molar-refractivity contribution in [3.8, 4) is 22.3 Å². The minimum Gasteiger partial charge on any atom is -0.444 e. The Morgan fingerprint density at radius 1 is 1.05 bits per heavy atom. The zero-order valence-corrected chi connectivity index (χ0v) is 22.8. The maximum Gasteiger partial charge on any atom is 0.411 e. The Morgan fingerprint density at radius 2 is 1.80 bits per heavy atom. The molecule has 0 bridgehead atoms. The number of aromatic nitrogens is 2. The van der Waals surface area contributed by atoms with Crippen LogP contribution in [0.2, 0.25) is 0 Å². The molecule has 1 unspecified atom stereocenters. The van der Waals surface area contributed by atoms with Crippen molar-refractivity contribution < 1.29 is 27.4 Å². The van der Waals surface area contributed by atoms with Gasteiger partial charge in [-0.2, -0.15) is 4.39 Å². The number of likely N-dealkylation sites (tertiary alicyclic amines) is 1. The van der Waals surface area contributed by atoms with E-state index in [-0.39, 0.29) is 11.7 Å². The Morgan fingerprint density at radius 3 is 2.50 bits per heavy atom. The second-order valence-corrected chi connectivity index (χ2v) is 11.4. The molecule has 2 aliphatic rings. The van der Waals surface area contributed by atoms with Crippen molar-refractivity contribution >= 4 is 11.9 Å². The highest BCUT2D eigenvalue weighted by Crippen LogP contribution is 2.46. The monoisotopic (exact) mass is 554 g/mol. The highest BCUT2D eigenvalue weighted by atomic mass is 19.3. The summed E-state index contributed by atoms with van der Waals surface area (Å²) in [5.74, 6) is -3.38. The van der Waals surface area contributed by atoms with Crippen molar-refractivity contribution in [3.63, 3.8) is 0 Å². The molecule has 2 saturated heterocycles. The van der Waals surface area contributed by atoms with E-state index in [2.05, 4.69) is 9.97 Å². The highest BCUT2D eigenvalue weighted by Gasteiger charge is 2.49. The lowest BCUT2D eigenvalue weighted by Gasteiger charge is -2.32. The molecule has 1 atom stereocenters. The van der Waals surface area contributed by atoms with Gasteiger partial charge in [-0.25, -0.2) is 23.5 Å². The first-order valence-corrected chi connectivity index (χ1v) is 13.4. The lowest BCUT2D eigenvalue weighted by Crippen LogP contribution is -2.38. The molecule has 0 radical (unpaired) electrons. The van der Waals surface area contributed by atoms with Gasteiger partial charge in [0.2, 0.25) is 5.95 Å². The molecule has 2 N–H and O–H groups in total. The first-order chi connectivity index (χ1) is 18.9. The number of amides is 1. The highest BCUT2D eigenvalue weighted by molar-refractivity contribution is 5.79. The summed E-state index contributed by atoms with van der Waals surface area (Å²) in [5.41, 5.74) is 9.30. The summed E-state index contributed by atoms with van der Waals surface area (Å²) >= 11 is 0. The van der Waals surface area contributed by atoms with Gasteiger partial charge in [-0.3, -0.25) is 4.90 Å². The predicted molar refractivity (Wildman–Crippen MR) is 145 cm³/mol. The van der Waals surface area contributed by atoms with Crippen LogP contribution in [0.15, 0.2) is 48.8 Å². The van der Waals surface area contributed by atoms with E-state index in [1.807, 2.05) is 18.2 Å². The number of nitrogens with zero attached hydrogens (tertiary/aromatic N) is 3. The fourth-order valence-corrected chi connectivity index (χ4v) is 5.46. The molecule has 2 aliphatic heterocycles. The molecule has 1 amide bonds. The topological polar surface area (TPSA) is 90.6 Å². The van der Waals surface area contributed by atoms with Crippen LogP contribution in [0.5, 0.6) is 0 Å². The number of alkyl halides is 2. The average Bonchev–Trinajstić information content (AvgIpc) is 3.24. The van der Waals surface area contributed by atoms with Crippen LogP contribution >= 0.6 is 0 Å². The summed E-state index contributed by atoms with van der Waals surface area (Å²) in [4.78, 5) is 22.2. The van der Waals surface area contributed by atoms with Crippen LogP contribution in [-0.2, 0) is 9.47 Å². The van der Waals surface area contributed by atoms with Gasteiger partial charge >= 0.3 is 6.09 Å². The maximum atomic E-state index is 14.9. The van der Waals surface area contributed by atoms with Crippen LogP contribution in [0.25, 0.3) is 22.3 Å². The van der Waals surface area contributed by atoms with Gasteiger partial charge in [0.05, 0.1) is 12.6 Å². The van der Waals surface area contributed by atoms with Crippen molar-refractivity contribution in [3.05, 3.63) is 65.9 Å². The first-order valence-electron chi connectivity index (χ1n) is 13.4. The van der Waals surface area contributed by atoms with E-state index in [4.69, 9.17) is 15.2 Å². The van der Waals surface area contributed by atoms with Gasteiger partial charge in [0.25, 0.3) is 5.92 Å². The zero-order valence-electron chi connectivity index (χ0n) is 22.8. The van der Waals surface area contributed by atoms with Gasteiger partial charge in [-0.1, -0.05) is 12.1 Å². The summed E-state index contributed by atoms with van der Waals surface area (Å²) in [6, 6.07) is 9.56. The third kappa shape index (κ3) is 6.06. The number of carbonyl (C=O) groups excluding carboxylic acids is 1. The van der Waals surface area contributed by atoms with Crippen molar-refractivity contribution in [1.82, 2.24) is 14.9 Å². The number of hydrogen-bond donors (Lipinski definition) is 1. The summed E-state index contributed by atoms with van der Waals surface area (Å²) in [5, 5.41) is 0. The molecule has 1 aromatic carbocycles. The van der Waals surface area contributed by atoms with Crippen LogP contribution in [0, 0.1) is 5.95 Å². The molecule has 40 heavy (non-hydrogen) atoms. The molecule has 0 spiro atoms. The molecule has 4 heterocycles. The van der Waals surface area contributed by atoms with Crippen LogP contribution < -0.4 is 5.73 Å². The minimum atomic E-state index is -3.06. The number of nitrogens with two attached hydrogens (primary N) is 1. The van der Waals surface area contributed by atoms with Crippen molar-refractivity contribution in [2.24, 2.45) is 0 Å². The number of pyridine rings is 2. The second kappa shape index (κ2) is 10.7. The molecule has 5 rings (SSSR count). The van der Waals surface area contributed by atoms with E-state index >= 15 is 0 Å². The molecular weight excluding hydrogens is 521 g/mol. The van der Waals surface area contributed by atoms with E-state index in [0.717, 1.165) is 23.3 Å². The van der Waals surface area contributed by atoms with E-state index in [9.17, 15) is 18.0 Å². The van der Waals surface area contributed by atoms with Crippen LogP contribution in [0.1, 0.15) is 63.1 Å². The van der Waals surface area contributed by atoms with Gasteiger partial charge in [-0.05, 0) is 80.0 Å². The van der Waals surface area contributed by atoms with Crippen LogP contribution in [-0.4, -0.2) is 52.2 Å². The van der Waals surface area contributed by atoms with Crippen LogP contribution in [0.4, 0.5) is 23.8 Å². The SMILES string of the molecule is CC(C)(C)OC(=O)N1CC(F)(F)CC1c1cc(-c2cnc(N)c(-c3ccnc(F)c3)c2)ccc1C1CCOCC1. The van der Waals surface area contributed by atoms with Gasteiger partial charge in [0, 0.05) is 49.2 Å². The van der Waals surface area contributed by atoms with E-state index in [0.29, 0.717) is 41.0 Å². The van der Waals surface area contributed by atoms with Crippen molar-refractivity contribution in [2.45, 2.75) is 63.5 Å². The smallest absolute Gasteiger partial charge is 0.411 e. The Labute approximate surface area is 231 Å². The number of nitrogen functional groups attached to an aromatic ring is 1. The number of ether oxygens (including phenoxy) is 2. The van der Waals surface area contributed by atoms with E-state index in [1.165, 1.54) is 12.3 Å². The number of carbonyl (C=O) groups is 1. The van der Waals surface area contributed by atoms with Gasteiger partial charge in [-0.15, -0.1) is 0 Å². The first kappa shape index (κ1) is 27.9. The third-order valence-electron chi connectivity index (χ3n) is 7.29. The average molecular weight is 555 g/mol. The number of anilines is 1. The Bertz CT molecular complexity index is 1400. The van der Waals surface area contributed by atoms with Crippen LogP contribution in [0.3, 0.4) is 0 Å². The fourth-order valence-electron chi connectivity index (χ4n) is 5.46. The number of benzene rings is 1.